The van der Waals surface area contributed by atoms with Gasteiger partial charge in [0.2, 0.25) is 0 Å². The third-order valence-corrected chi connectivity index (χ3v) is 19.2. The van der Waals surface area contributed by atoms with Crippen LogP contribution in [0.5, 0.6) is 0 Å². The van der Waals surface area contributed by atoms with E-state index in [1.807, 2.05) is 0 Å². The van der Waals surface area contributed by atoms with Crippen LogP contribution in [-0.4, -0.2) is 96.7 Å². The normalized spacial score (nSPS) is 14.2. The summed E-state index contributed by atoms with van der Waals surface area (Å²) in [7, 11) is -9.93. The Morgan fingerprint density at radius 1 is 0.286 bits per heavy atom. The Bertz CT molecular complexity index is 2050. The van der Waals surface area contributed by atoms with E-state index in [0.717, 1.165) is 141 Å². The van der Waals surface area contributed by atoms with E-state index >= 15 is 0 Å². The van der Waals surface area contributed by atoms with Crippen LogP contribution >= 0.6 is 15.6 Å². The second kappa shape index (κ2) is 72.4. The molecule has 0 rings (SSSR count). The molecule has 0 heterocycles. The summed E-state index contributed by atoms with van der Waals surface area (Å²) in [6.45, 7) is 4.89. The Hall–Kier alpha value is -2.98. The van der Waals surface area contributed by atoms with Gasteiger partial charge in [0.1, 0.15) is 19.3 Å². The number of ether oxygens (including phenoxy) is 4. The second-order valence-electron chi connectivity index (χ2n) is 27.0. The SMILES string of the molecule is CCCCC/C=C\C/C=C\C/C=C\CCCCCCCCC(=O)OCC(COP(=O)(O)OCC(O)COP(=O)(O)OCC(COC(=O)CCCCCCCCCCCCCCC)OC(=O)CCCCCCCCCCCCC)OC(=O)CCCCCCC/C=C\CCCCCCCC. The number of hydrogen-bond acceptors (Lipinski definition) is 15. The standard InChI is InChI=1S/C79H146O17P2/c1-5-9-13-17-21-25-29-32-34-35-36-37-39-41-45-48-52-56-60-64-77(82)90-70-75(96-79(84)66-62-58-54-50-46-42-38-33-30-26-22-18-14-10-6-2)72-94-98(87,88)92-68-73(80)67-91-97(85,86)93-71-74(95-78(83)65-61-57-53-49-43-28-24-20-16-12-8-4)69-89-76(81)63-59-55-51-47-44-40-31-27-23-19-15-11-7-3/h21,25,32-34,36-38,73-75,80H,5-20,22-24,26-31,35,39-72H2,1-4H3,(H,85,86)(H,87,88)/b25-21-,34-32-,37-36-,38-33-. The summed E-state index contributed by atoms with van der Waals surface area (Å²) in [6, 6.07) is 0. The molecule has 574 valence electrons. The fourth-order valence-electron chi connectivity index (χ4n) is 11.2. The molecule has 0 aromatic heterocycles. The van der Waals surface area contributed by atoms with Crippen molar-refractivity contribution in [2.24, 2.45) is 0 Å². The van der Waals surface area contributed by atoms with E-state index in [-0.39, 0.29) is 25.7 Å². The minimum atomic E-state index is -4.97. The Morgan fingerprint density at radius 2 is 0.500 bits per heavy atom. The summed E-state index contributed by atoms with van der Waals surface area (Å²) in [4.78, 5) is 72.9. The van der Waals surface area contributed by atoms with Crippen LogP contribution in [0.2, 0.25) is 0 Å². The van der Waals surface area contributed by atoms with Crippen LogP contribution in [0.25, 0.3) is 0 Å². The van der Waals surface area contributed by atoms with E-state index in [9.17, 15) is 43.2 Å². The van der Waals surface area contributed by atoms with Crippen molar-refractivity contribution in [3.63, 3.8) is 0 Å². The largest absolute Gasteiger partial charge is 0.472 e. The predicted molar refractivity (Wildman–Crippen MR) is 400 cm³/mol. The number of aliphatic hydroxyl groups is 1. The minimum Gasteiger partial charge on any atom is -0.462 e. The molecule has 0 aromatic carbocycles. The molecule has 17 nitrogen and oxygen atoms in total. The maximum atomic E-state index is 13.1. The summed E-state index contributed by atoms with van der Waals surface area (Å²) >= 11 is 0. The first-order chi connectivity index (χ1) is 47.7. The minimum absolute atomic E-state index is 0.0871. The summed E-state index contributed by atoms with van der Waals surface area (Å²) in [5, 5.41) is 10.6. The third-order valence-electron chi connectivity index (χ3n) is 17.3. The molecule has 0 fully saturated rings. The van der Waals surface area contributed by atoms with E-state index in [4.69, 9.17) is 37.0 Å². The predicted octanol–water partition coefficient (Wildman–Crippen LogP) is 22.9. The topological polar surface area (TPSA) is 237 Å². The molecule has 0 aromatic rings. The van der Waals surface area contributed by atoms with Crippen LogP contribution in [0.4, 0.5) is 0 Å². The lowest BCUT2D eigenvalue weighted by molar-refractivity contribution is -0.161. The van der Waals surface area contributed by atoms with Crippen LogP contribution in [0, 0.1) is 0 Å². The van der Waals surface area contributed by atoms with Crippen molar-refractivity contribution in [3.8, 4) is 0 Å². The monoisotopic (exact) mass is 1430 g/mol. The fourth-order valence-corrected chi connectivity index (χ4v) is 12.7. The molecule has 19 heteroatoms. The number of phosphoric acid groups is 2. The van der Waals surface area contributed by atoms with Crippen LogP contribution in [0.1, 0.15) is 374 Å². The molecule has 0 aliphatic heterocycles. The van der Waals surface area contributed by atoms with Crippen LogP contribution in [0.15, 0.2) is 48.6 Å². The molecule has 0 saturated heterocycles. The zero-order valence-corrected chi connectivity index (χ0v) is 64.5. The third kappa shape index (κ3) is 71.4. The summed E-state index contributed by atoms with van der Waals surface area (Å²) in [6.07, 6.45) is 69.5. The maximum Gasteiger partial charge on any atom is 0.472 e. The van der Waals surface area contributed by atoms with Gasteiger partial charge in [0, 0.05) is 25.7 Å². The molecule has 0 radical (unpaired) electrons. The van der Waals surface area contributed by atoms with Crippen molar-refractivity contribution < 1.29 is 80.2 Å². The Morgan fingerprint density at radius 3 is 0.796 bits per heavy atom. The van der Waals surface area contributed by atoms with Crippen molar-refractivity contribution in [1.29, 1.82) is 0 Å². The molecule has 98 heavy (non-hydrogen) atoms. The quantitative estimate of drug-likeness (QED) is 0.0169. The average molecular weight is 1430 g/mol. The van der Waals surface area contributed by atoms with Crippen molar-refractivity contribution in [3.05, 3.63) is 48.6 Å². The van der Waals surface area contributed by atoms with Gasteiger partial charge >= 0.3 is 39.5 Å². The first-order valence-electron chi connectivity index (χ1n) is 39.9. The van der Waals surface area contributed by atoms with E-state index in [2.05, 4.69) is 76.3 Å². The Labute approximate surface area is 597 Å². The van der Waals surface area contributed by atoms with Gasteiger partial charge in [-0.15, -0.1) is 0 Å². The molecular weight excluding hydrogens is 1280 g/mol. The van der Waals surface area contributed by atoms with Crippen molar-refractivity contribution in [1.82, 2.24) is 0 Å². The molecule has 0 amide bonds. The second-order valence-corrected chi connectivity index (χ2v) is 29.9. The van der Waals surface area contributed by atoms with Gasteiger partial charge in [0.05, 0.1) is 26.4 Å². The number of phosphoric ester groups is 2. The first-order valence-corrected chi connectivity index (χ1v) is 42.9. The molecule has 0 aliphatic rings. The van der Waals surface area contributed by atoms with Gasteiger partial charge in [0.15, 0.2) is 12.2 Å². The van der Waals surface area contributed by atoms with E-state index < -0.39 is 97.5 Å². The Kier molecular flexibility index (Phi) is 70.2. The van der Waals surface area contributed by atoms with E-state index in [1.165, 1.54) is 154 Å². The van der Waals surface area contributed by atoms with Gasteiger partial charge in [-0.2, -0.15) is 0 Å². The molecule has 5 atom stereocenters. The zero-order valence-electron chi connectivity index (χ0n) is 62.7. The molecular formula is C79H146O17P2. The highest BCUT2D eigenvalue weighted by atomic mass is 31.2. The highest BCUT2D eigenvalue weighted by molar-refractivity contribution is 7.47. The summed E-state index contributed by atoms with van der Waals surface area (Å²) < 4.78 is 68.5. The molecule has 0 aliphatic carbocycles. The number of esters is 4. The molecule has 5 unspecified atom stereocenters. The van der Waals surface area contributed by atoms with Crippen LogP contribution in [0.3, 0.4) is 0 Å². The van der Waals surface area contributed by atoms with Gasteiger partial charge in [-0.3, -0.25) is 37.3 Å². The smallest absolute Gasteiger partial charge is 0.462 e. The number of hydrogen-bond donors (Lipinski definition) is 3. The number of allylic oxidation sites excluding steroid dienone is 8. The van der Waals surface area contributed by atoms with Crippen LogP contribution < -0.4 is 0 Å². The van der Waals surface area contributed by atoms with Crippen molar-refractivity contribution in [2.75, 3.05) is 39.6 Å². The molecule has 3 N–H and O–H groups in total. The number of aliphatic hydroxyl groups excluding tert-OH is 1. The Balaban J connectivity index is 5.29. The summed E-state index contributed by atoms with van der Waals surface area (Å²) in [5.41, 5.74) is 0. The molecule has 0 spiro atoms. The molecule has 0 saturated carbocycles. The lowest BCUT2D eigenvalue weighted by atomic mass is 10.0. The number of carbonyl (C=O) groups excluding carboxylic acids is 4. The van der Waals surface area contributed by atoms with E-state index in [1.54, 1.807) is 0 Å². The molecule has 0 bridgehead atoms. The zero-order chi connectivity index (χ0) is 71.8. The highest BCUT2D eigenvalue weighted by Gasteiger charge is 2.30. The lowest BCUT2D eigenvalue weighted by Gasteiger charge is -2.21. The van der Waals surface area contributed by atoms with Crippen molar-refractivity contribution >= 4 is 39.5 Å². The highest BCUT2D eigenvalue weighted by Crippen LogP contribution is 2.45. The number of unbranched alkanes of at least 4 members (excludes halogenated alkanes) is 42. The van der Waals surface area contributed by atoms with Gasteiger partial charge in [-0.05, 0) is 89.9 Å². The number of rotatable bonds is 76. The van der Waals surface area contributed by atoms with E-state index in [0.29, 0.717) is 25.7 Å². The van der Waals surface area contributed by atoms with Gasteiger partial charge in [0.25, 0.3) is 0 Å². The van der Waals surface area contributed by atoms with Gasteiger partial charge < -0.3 is 33.8 Å². The fraction of sp³-hybridized carbons (Fsp3) is 0.848. The number of carbonyl (C=O) groups is 4. The van der Waals surface area contributed by atoms with Crippen molar-refractivity contribution in [2.45, 2.75) is 393 Å². The summed E-state index contributed by atoms with van der Waals surface area (Å²) in [5.74, 6) is -2.16. The van der Waals surface area contributed by atoms with Gasteiger partial charge in [-0.25, -0.2) is 9.13 Å². The average Bonchev–Trinajstić information content (AvgIpc) is 0.992. The van der Waals surface area contributed by atoms with Gasteiger partial charge in [-0.1, -0.05) is 307 Å². The first kappa shape index (κ1) is 95.0. The maximum absolute atomic E-state index is 13.1. The van der Waals surface area contributed by atoms with Crippen LogP contribution in [-0.2, 0) is 65.4 Å². The lowest BCUT2D eigenvalue weighted by Crippen LogP contribution is -2.30.